The molecule has 5 nitrogen and oxygen atoms in total. The first-order valence-electron chi connectivity index (χ1n) is 5.21. The summed E-state index contributed by atoms with van der Waals surface area (Å²) in [5.41, 5.74) is 9.63. The Balaban J connectivity index is 2.16. The topological polar surface area (TPSA) is 77.9 Å². The molecule has 0 spiro atoms. The molecular weight excluding hydrogens is 204 g/mol. The highest BCUT2D eigenvalue weighted by Crippen LogP contribution is 2.20. The number of nitrogens with zero attached hydrogens (tertiary/aromatic N) is 3. The third-order valence-electron chi connectivity index (χ3n) is 2.48. The molecule has 82 valence electrons. The number of carbonyl (C=O) groups excluding carboxylic acids is 1. The van der Waals surface area contributed by atoms with Gasteiger partial charge in [-0.3, -0.25) is 4.79 Å². The highest BCUT2D eigenvalue weighted by molar-refractivity contribution is 5.96. The Morgan fingerprint density at radius 2 is 2.25 bits per heavy atom. The fraction of sp³-hybridized carbons (Fsp3) is 0.364. The molecule has 1 aromatic rings. The molecule has 1 aliphatic rings. The lowest BCUT2D eigenvalue weighted by Gasteiger charge is -2.07. The average molecular weight is 216 g/mol. The van der Waals surface area contributed by atoms with Crippen LogP contribution in [0.15, 0.2) is 29.4 Å². The summed E-state index contributed by atoms with van der Waals surface area (Å²) < 4.78 is 0. The minimum absolute atomic E-state index is 0.0776. The molecule has 0 aliphatic heterocycles. The van der Waals surface area contributed by atoms with Gasteiger partial charge in [-0.15, -0.1) is 0 Å². The Morgan fingerprint density at radius 3 is 2.94 bits per heavy atom. The molecule has 1 fully saturated rings. The summed E-state index contributed by atoms with van der Waals surface area (Å²) >= 11 is 0. The van der Waals surface area contributed by atoms with Gasteiger partial charge in [0.25, 0.3) is 5.91 Å². The van der Waals surface area contributed by atoms with Crippen molar-refractivity contribution < 1.29 is 4.79 Å². The van der Waals surface area contributed by atoms with E-state index in [1.165, 1.54) is 0 Å². The molecule has 16 heavy (non-hydrogen) atoms. The molecular formula is C11H12N4O. The quantitative estimate of drug-likeness (QED) is 0.468. The molecule has 1 saturated carbocycles. The number of amides is 1. The predicted molar refractivity (Wildman–Crippen MR) is 59.8 cm³/mol. The molecule has 0 saturated heterocycles. The number of nitrogens with one attached hydrogen (secondary N) is 1. The first-order valence-corrected chi connectivity index (χ1v) is 5.21. The molecule has 2 rings (SSSR count). The molecule has 1 N–H and O–H groups in total. The van der Waals surface area contributed by atoms with Crippen molar-refractivity contribution in [3.8, 4) is 0 Å². The molecule has 1 amide bonds. The highest BCUT2D eigenvalue weighted by Gasteiger charge is 2.24. The summed E-state index contributed by atoms with van der Waals surface area (Å²) in [6.07, 6.45) is 2.12. The molecule has 0 heterocycles. The smallest absolute Gasteiger partial charge is 0.251 e. The van der Waals surface area contributed by atoms with E-state index in [1.54, 1.807) is 18.2 Å². The van der Waals surface area contributed by atoms with Crippen molar-refractivity contribution in [1.29, 1.82) is 0 Å². The Kier molecular flexibility index (Phi) is 3.08. The van der Waals surface area contributed by atoms with Gasteiger partial charge in [-0.05, 0) is 30.0 Å². The summed E-state index contributed by atoms with van der Waals surface area (Å²) in [5.74, 6) is -0.0776. The van der Waals surface area contributed by atoms with Crippen molar-refractivity contribution in [2.75, 3.05) is 0 Å². The van der Waals surface area contributed by atoms with E-state index in [9.17, 15) is 4.79 Å². The second kappa shape index (κ2) is 4.68. The first kappa shape index (κ1) is 10.5. The summed E-state index contributed by atoms with van der Waals surface area (Å²) in [6, 6.07) is 7.52. The van der Waals surface area contributed by atoms with Crippen LogP contribution in [0.2, 0.25) is 0 Å². The second-order valence-corrected chi connectivity index (χ2v) is 3.79. The van der Waals surface area contributed by atoms with Gasteiger partial charge in [-0.2, -0.15) is 0 Å². The molecule has 5 heteroatoms. The van der Waals surface area contributed by atoms with Crippen LogP contribution in [0.3, 0.4) is 0 Å². The molecule has 0 atom stereocenters. The predicted octanol–water partition coefficient (Wildman–Crippen LogP) is 2.39. The first-order chi connectivity index (χ1) is 7.81. The Labute approximate surface area is 93.1 Å². The SMILES string of the molecule is [N-]=[N+]=NCc1ccccc1C(=O)NC1CC1. The van der Waals surface area contributed by atoms with E-state index in [-0.39, 0.29) is 12.5 Å². The maximum Gasteiger partial charge on any atom is 0.251 e. The van der Waals surface area contributed by atoms with E-state index in [0.29, 0.717) is 11.6 Å². The summed E-state index contributed by atoms with van der Waals surface area (Å²) in [6.45, 7) is 0.213. The third kappa shape index (κ3) is 2.52. The maximum absolute atomic E-state index is 11.8. The van der Waals surface area contributed by atoms with Crippen molar-refractivity contribution in [1.82, 2.24) is 5.32 Å². The van der Waals surface area contributed by atoms with E-state index in [1.807, 2.05) is 6.07 Å². The van der Waals surface area contributed by atoms with Crippen molar-refractivity contribution in [3.63, 3.8) is 0 Å². The number of carbonyl (C=O) groups is 1. The number of hydrogen-bond acceptors (Lipinski definition) is 2. The van der Waals surface area contributed by atoms with Gasteiger partial charge in [-0.1, -0.05) is 23.3 Å². The zero-order chi connectivity index (χ0) is 11.4. The van der Waals surface area contributed by atoms with Crippen LogP contribution in [0, 0.1) is 0 Å². The van der Waals surface area contributed by atoms with E-state index in [2.05, 4.69) is 15.3 Å². The van der Waals surface area contributed by atoms with Crippen LogP contribution in [-0.2, 0) is 6.54 Å². The largest absolute Gasteiger partial charge is 0.349 e. The molecule has 0 unspecified atom stereocenters. The van der Waals surface area contributed by atoms with Gasteiger partial charge < -0.3 is 5.32 Å². The number of rotatable bonds is 4. The van der Waals surface area contributed by atoms with Crippen LogP contribution < -0.4 is 5.32 Å². The van der Waals surface area contributed by atoms with Gasteiger partial charge in [-0.25, -0.2) is 0 Å². The lowest BCUT2D eigenvalue weighted by atomic mass is 10.1. The van der Waals surface area contributed by atoms with Crippen molar-refractivity contribution in [3.05, 3.63) is 45.8 Å². The standard InChI is InChI=1S/C11H12N4O/c12-15-13-7-8-3-1-2-4-10(8)11(16)14-9-5-6-9/h1-4,9H,5-7H2,(H,14,16). The van der Waals surface area contributed by atoms with Crippen LogP contribution in [0.5, 0.6) is 0 Å². The van der Waals surface area contributed by atoms with Gasteiger partial charge >= 0.3 is 0 Å². The molecule has 1 aliphatic carbocycles. The fourth-order valence-electron chi connectivity index (χ4n) is 1.48. The average Bonchev–Trinajstić information content (AvgIpc) is 3.10. The van der Waals surface area contributed by atoms with Crippen molar-refractivity contribution in [2.45, 2.75) is 25.4 Å². The lowest BCUT2D eigenvalue weighted by Crippen LogP contribution is -2.26. The van der Waals surface area contributed by atoms with E-state index in [0.717, 1.165) is 18.4 Å². The van der Waals surface area contributed by atoms with Crippen LogP contribution in [0.1, 0.15) is 28.8 Å². The normalized spacial score (nSPS) is 14.0. The number of hydrogen-bond donors (Lipinski definition) is 1. The second-order valence-electron chi connectivity index (χ2n) is 3.79. The fourth-order valence-corrected chi connectivity index (χ4v) is 1.48. The minimum Gasteiger partial charge on any atom is -0.349 e. The van der Waals surface area contributed by atoms with Crippen molar-refractivity contribution >= 4 is 5.91 Å². The van der Waals surface area contributed by atoms with Crippen LogP contribution in [0.4, 0.5) is 0 Å². The van der Waals surface area contributed by atoms with Gasteiger partial charge in [0.15, 0.2) is 0 Å². The van der Waals surface area contributed by atoms with Crippen LogP contribution >= 0.6 is 0 Å². The third-order valence-corrected chi connectivity index (χ3v) is 2.48. The minimum atomic E-state index is -0.0776. The van der Waals surface area contributed by atoms with Crippen LogP contribution in [0.25, 0.3) is 10.4 Å². The van der Waals surface area contributed by atoms with E-state index < -0.39 is 0 Å². The molecule has 0 bridgehead atoms. The summed E-state index contributed by atoms with van der Waals surface area (Å²) in [5, 5.41) is 6.39. The summed E-state index contributed by atoms with van der Waals surface area (Å²) in [4.78, 5) is 14.5. The van der Waals surface area contributed by atoms with Gasteiger partial charge in [0.2, 0.25) is 0 Å². The molecule has 0 radical (unpaired) electrons. The zero-order valence-corrected chi connectivity index (χ0v) is 8.76. The summed E-state index contributed by atoms with van der Waals surface area (Å²) in [7, 11) is 0. The van der Waals surface area contributed by atoms with Crippen LogP contribution in [-0.4, -0.2) is 11.9 Å². The lowest BCUT2D eigenvalue weighted by molar-refractivity contribution is 0.0950. The van der Waals surface area contributed by atoms with Crippen molar-refractivity contribution in [2.24, 2.45) is 5.11 Å². The van der Waals surface area contributed by atoms with E-state index >= 15 is 0 Å². The zero-order valence-electron chi connectivity index (χ0n) is 8.76. The molecule has 1 aromatic carbocycles. The maximum atomic E-state index is 11.8. The monoisotopic (exact) mass is 216 g/mol. The number of azide groups is 1. The Bertz CT molecular complexity index is 447. The number of benzene rings is 1. The Hall–Kier alpha value is -2.00. The Morgan fingerprint density at radius 1 is 1.50 bits per heavy atom. The van der Waals surface area contributed by atoms with Gasteiger partial charge in [0.05, 0.1) is 6.54 Å². The van der Waals surface area contributed by atoms with E-state index in [4.69, 9.17) is 5.53 Å². The highest BCUT2D eigenvalue weighted by atomic mass is 16.1. The molecule has 0 aromatic heterocycles. The van der Waals surface area contributed by atoms with Gasteiger partial charge in [0, 0.05) is 16.5 Å². The van der Waals surface area contributed by atoms with Gasteiger partial charge in [0.1, 0.15) is 0 Å².